The molecule has 1 aromatic carbocycles. The molecule has 0 saturated heterocycles. The number of rotatable bonds is 4. The Morgan fingerprint density at radius 3 is 2.31 bits per heavy atom. The summed E-state index contributed by atoms with van der Waals surface area (Å²) in [5.74, 6) is 0.992. The van der Waals surface area contributed by atoms with E-state index in [9.17, 15) is 14.9 Å². The van der Waals surface area contributed by atoms with Crippen LogP contribution in [0.3, 0.4) is 0 Å². The Labute approximate surface area is 168 Å². The summed E-state index contributed by atoms with van der Waals surface area (Å²) >= 11 is 0. The molecule has 0 aliphatic carbocycles. The molecule has 0 N–H and O–H groups in total. The van der Waals surface area contributed by atoms with Crippen molar-refractivity contribution in [3.8, 4) is 5.75 Å². The number of hydrogen-bond acceptors (Lipinski definition) is 8. The minimum atomic E-state index is -2.87. The van der Waals surface area contributed by atoms with Crippen LogP contribution in [-0.4, -0.2) is 25.1 Å². The topological polar surface area (TPSA) is 117 Å². The van der Waals surface area contributed by atoms with Gasteiger partial charge in [-0.25, -0.2) is 4.79 Å². The van der Waals surface area contributed by atoms with E-state index in [2.05, 4.69) is 10.2 Å². The number of benzene rings is 1. The van der Waals surface area contributed by atoms with Gasteiger partial charge >= 0.3 is 14.2 Å². The van der Waals surface area contributed by atoms with Gasteiger partial charge in [0.15, 0.2) is 0 Å². The zero-order chi connectivity index (χ0) is 21.2. The number of nitro groups is 1. The molecular weight excluding hydrogens is 394 g/mol. The molecule has 0 radical (unpaired) electrons. The normalized spacial score (nSPS) is 19.0. The maximum atomic E-state index is 12.4. The number of hydrogen-bond donors (Lipinski definition) is 0. The first kappa shape index (κ1) is 20.5. The van der Waals surface area contributed by atoms with Crippen LogP contribution < -0.4 is 10.1 Å². The first-order valence-electron chi connectivity index (χ1n) is 9.18. The number of aryl methyl sites for hydroxylation is 1. The Balaban J connectivity index is 2.17. The highest BCUT2D eigenvalue weighted by molar-refractivity contribution is 6.70. The van der Waals surface area contributed by atoms with E-state index in [-0.39, 0.29) is 17.1 Å². The van der Waals surface area contributed by atoms with Gasteiger partial charge in [0.25, 0.3) is 5.69 Å². The average Bonchev–Trinajstić information content (AvgIpc) is 2.75. The first-order chi connectivity index (χ1) is 13.8. The Hall–Kier alpha value is -3.27. The highest BCUT2D eigenvalue weighted by Gasteiger charge is 2.41. The van der Waals surface area contributed by atoms with Gasteiger partial charge in [-0.3, -0.25) is 10.1 Å². The first-order valence-corrected chi connectivity index (χ1v) is 11.4. The van der Waals surface area contributed by atoms with Crippen LogP contribution in [0.25, 0.3) is 0 Å². The molecule has 10 heteroatoms. The fraction of sp³-hybridized carbons (Fsp3) is 0.316. The van der Waals surface area contributed by atoms with Gasteiger partial charge in [-0.1, -0.05) is 13.8 Å². The van der Waals surface area contributed by atoms with Gasteiger partial charge in [0.1, 0.15) is 17.1 Å². The van der Waals surface area contributed by atoms with Crippen LogP contribution in [0.15, 0.2) is 49.7 Å². The molecule has 9 nitrogen and oxygen atoms in total. The van der Waals surface area contributed by atoms with Crippen molar-refractivity contribution in [1.29, 1.82) is 0 Å². The van der Waals surface area contributed by atoms with Gasteiger partial charge in [-0.15, -0.1) is 5.10 Å². The molecule has 1 aliphatic rings. The van der Waals surface area contributed by atoms with Gasteiger partial charge in [0.2, 0.25) is 5.90 Å². The van der Waals surface area contributed by atoms with Crippen molar-refractivity contribution in [2.45, 2.75) is 39.8 Å². The average molecular weight is 415 g/mol. The highest BCUT2D eigenvalue weighted by Crippen LogP contribution is 2.29. The molecule has 1 aliphatic heterocycles. The number of nitro benzene ring substituents is 1. The van der Waals surface area contributed by atoms with E-state index in [1.807, 2.05) is 13.8 Å². The Morgan fingerprint density at radius 1 is 1.07 bits per heavy atom. The lowest BCUT2D eigenvalue weighted by Gasteiger charge is -2.30. The third kappa shape index (κ3) is 4.11. The van der Waals surface area contributed by atoms with Crippen LogP contribution in [-0.2, 0) is 4.43 Å². The molecule has 0 saturated carbocycles. The van der Waals surface area contributed by atoms with Gasteiger partial charge in [-0.2, -0.15) is 5.10 Å². The van der Waals surface area contributed by atoms with Crippen molar-refractivity contribution in [3.63, 3.8) is 0 Å². The van der Waals surface area contributed by atoms with Crippen LogP contribution in [0.5, 0.6) is 5.75 Å². The quantitative estimate of drug-likeness (QED) is 0.424. The summed E-state index contributed by atoms with van der Waals surface area (Å²) in [7, 11) is -2.87. The van der Waals surface area contributed by atoms with Crippen molar-refractivity contribution in [2.75, 3.05) is 0 Å². The second-order valence-electron chi connectivity index (χ2n) is 6.60. The number of fused-ring (bicyclic) bond motifs is 1. The van der Waals surface area contributed by atoms with Crippen molar-refractivity contribution in [1.82, 2.24) is 0 Å². The zero-order valence-electron chi connectivity index (χ0n) is 16.6. The lowest BCUT2D eigenvalue weighted by molar-refractivity contribution is -0.384. The van der Waals surface area contributed by atoms with Crippen LogP contribution in [0, 0.1) is 17.0 Å². The van der Waals surface area contributed by atoms with Gasteiger partial charge < -0.3 is 13.3 Å². The van der Waals surface area contributed by atoms with Crippen molar-refractivity contribution in [3.05, 3.63) is 67.8 Å². The fourth-order valence-corrected chi connectivity index (χ4v) is 5.15. The Bertz CT molecular complexity index is 1050. The molecule has 3 rings (SSSR count). The summed E-state index contributed by atoms with van der Waals surface area (Å²) in [5, 5.41) is 19.3. The van der Waals surface area contributed by atoms with Crippen molar-refractivity contribution < 1.29 is 18.2 Å². The summed E-state index contributed by atoms with van der Waals surface area (Å²) in [6.45, 7) is 7.21. The summed E-state index contributed by atoms with van der Waals surface area (Å²) < 4.78 is 17.8. The summed E-state index contributed by atoms with van der Waals surface area (Å²) in [5.41, 5.74) is 0.484. The Kier molecular flexibility index (Phi) is 5.64. The molecule has 0 unspecified atom stereocenters. The van der Waals surface area contributed by atoms with Crippen LogP contribution in [0.1, 0.15) is 37.7 Å². The third-order valence-electron chi connectivity index (χ3n) is 4.67. The van der Waals surface area contributed by atoms with Crippen LogP contribution >= 0.6 is 0 Å². The van der Waals surface area contributed by atoms with E-state index in [1.54, 1.807) is 32.0 Å². The largest absolute Gasteiger partial charge is 0.511 e. The highest BCUT2D eigenvalue weighted by atomic mass is 28.4. The Morgan fingerprint density at radius 2 is 1.72 bits per heavy atom. The fourth-order valence-electron chi connectivity index (χ4n) is 2.96. The summed E-state index contributed by atoms with van der Waals surface area (Å²) in [6, 6.07) is 8.69. The molecule has 0 atom stereocenters. The van der Waals surface area contributed by atoms with Gasteiger partial charge in [0, 0.05) is 35.9 Å². The maximum absolute atomic E-state index is 12.4. The minimum absolute atomic E-state index is 0.0386. The third-order valence-corrected chi connectivity index (χ3v) is 7.98. The van der Waals surface area contributed by atoms with E-state index >= 15 is 0 Å². The van der Waals surface area contributed by atoms with Crippen molar-refractivity contribution >= 4 is 25.9 Å². The van der Waals surface area contributed by atoms with E-state index in [1.165, 1.54) is 12.1 Å². The second-order valence-corrected chi connectivity index (χ2v) is 10.2. The lowest BCUT2D eigenvalue weighted by atomic mass is 10.2. The molecule has 0 fully saturated rings. The van der Waals surface area contributed by atoms with E-state index in [4.69, 9.17) is 13.3 Å². The molecule has 1 aromatic heterocycles. The standard InChI is InChI=1S/C19H21N3O6Si/c1-5-29(6-2)27-16-11-12(3)26-19(23)17(16)13(4)20-21-18(28-29)14-7-9-15(10-8-14)22(24)25/h7-11H,5-6H2,1-4H3/b20-13-,21-18-. The molecule has 152 valence electrons. The smallest absolute Gasteiger partial charge is 0.460 e. The van der Waals surface area contributed by atoms with Crippen LogP contribution in [0.4, 0.5) is 5.69 Å². The predicted octanol–water partition coefficient (Wildman–Crippen LogP) is 3.92. The lowest BCUT2D eigenvalue weighted by Crippen LogP contribution is -2.46. The molecule has 0 amide bonds. The second kappa shape index (κ2) is 8.00. The molecule has 0 spiro atoms. The SMILES string of the molecule is CC[Si]1(CC)O/C(c2ccc([N+](=O)[O-])cc2)=N\N=C(\C)c2c(cc(C)oc2=O)O1. The van der Waals surface area contributed by atoms with Crippen molar-refractivity contribution in [2.24, 2.45) is 10.2 Å². The maximum Gasteiger partial charge on any atom is 0.460 e. The van der Waals surface area contributed by atoms with Crippen LogP contribution in [0.2, 0.25) is 12.1 Å². The molecule has 2 heterocycles. The molecule has 29 heavy (non-hydrogen) atoms. The molecular formula is C19H21N3O6Si. The number of nitrogens with zero attached hydrogens (tertiary/aromatic N) is 3. The van der Waals surface area contributed by atoms with Gasteiger partial charge in [-0.05, 0) is 26.0 Å². The monoisotopic (exact) mass is 415 g/mol. The zero-order valence-corrected chi connectivity index (χ0v) is 17.6. The minimum Gasteiger partial charge on any atom is -0.511 e. The van der Waals surface area contributed by atoms with E-state index < -0.39 is 19.1 Å². The summed E-state index contributed by atoms with van der Waals surface area (Å²) in [4.78, 5) is 22.9. The predicted molar refractivity (Wildman–Crippen MR) is 110 cm³/mol. The number of non-ortho nitro benzene ring substituents is 1. The van der Waals surface area contributed by atoms with E-state index in [0.717, 1.165) is 0 Å². The summed E-state index contributed by atoms with van der Waals surface area (Å²) in [6.07, 6.45) is 0. The molecule has 2 aromatic rings. The van der Waals surface area contributed by atoms with E-state index in [0.29, 0.717) is 34.9 Å². The molecule has 0 bridgehead atoms. The van der Waals surface area contributed by atoms with Gasteiger partial charge in [0.05, 0.1) is 10.6 Å².